The largest absolute Gasteiger partial charge is 0.478 e. The van der Waals surface area contributed by atoms with E-state index in [1.165, 1.54) is 23.7 Å². The van der Waals surface area contributed by atoms with Gasteiger partial charge in [0.25, 0.3) is 0 Å². The van der Waals surface area contributed by atoms with Crippen molar-refractivity contribution >= 4 is 34.3 Å². The highest BCUT2D eigenvalue weighted by Gasteiger charge is 2.11. The van der Waals surface area contributed by atoms with Gasteiger partial charge in [0.15, 0.2) is 5.76 Å². The molecule has 0 aliphatic carbocycles. The summed E-state index contributed by atoms with van der Waals surface area (Å²) >= 11 is 1.50. The Balaban J connectivity index is 0.00000112. The molecule has 0 fully saturated rings. The number of furan rings is 1. The van der Waals surface area contributed by atoms with Gasteiger partial charge in [-0.15, -0.1) is 28.3 Å². The summed E-state index contributed by atoms with van der Waals surface area (Å²) in [6, 6.07) is 1.47. The average Bonchev–Trinajstić information content (AvgIpc) is 2.70. The van der Waals surface area contributed by atoms with Crippen molar-refractivity contribution in [1.29, 1.82) is 0 Å². The summed E-state index contributed by atoms with van der Waals surface area (Å²) < 4.78 is 5.09. The maximum absolute atomic E-state index is 10.6. The van der Waals surface area contributed by atoms with Crippen molar-refractivity contribution in [2.24, 2.45) is 0 Å². The standard InChI is InChI=1S/C9H7NO3S.BrH/c1-5-10-7(4-14-5)8-2-6(3-13-8)9(11)12;/h2-4H,1H3,(H,11,12);1H. The van der Waals surface area contributed by atoms with Crippen LogP contribution in [0.1, 0.15) is 15.4 Å². The van der Waals surface area contributed by atoms with E-state index in [-0.39, 0.29) is 22.5 Å². The number of aromatic nitrogens is 1. The second-order valence-corrected chi connectivity index (χ2v) is 3.82. The summed E-state index contributed by atoms with van der Waals surface area (Å²) in [6.07, 6.45) is 1.21. The molecule has 0 spiro atoms. The Morgan fingerprint density at radius 1 is 1.60 bits per heavy atom. The molecule has 0 saturated heterocycles. The number of carboxylic acids is 1. The van der Waals surface area contributed by atoms with Gasteiger partial charge in [-0.05, 0) is 6.92 Å². The molecule has 2 heterocycles. The molecule has 2 aromatic rings. The number of hydrogen-bond donors (Lipinski definition) is 1. The fraction of sp³-hybridized carbons (Fsp3) is 0.111. The third-order valence-corrected chi connectivity index (χ3v) is 2.49. The van der Waals surface area contributed by atoms with Gasteiger partial charge in [0.1, 0.15) is 12.0 Å². The first-order valence-corrected chi connectivity index (χ1v) is 4.79. The summed E-state index contributed by atoms with van der Waals surface area (Å²) in [5.74, 6) is -0.501. The summed E-state index contributed by atoms with van der Waals surface area (Å²) in [6.45, 7) is 1.88. The highest BCUT2D eigenvalue weighted by molar-refractivity contribution is 8.93. The molecule has 2 aromatic heterocycles. The lowest BCUT2D eigenvalue weighted by atomic mass is 10.3. The van der Waals surface area contributed by atoms with Gasteiger partial charge in [0.05, 0.1) is 10.6 Å². The predicted molar refractivity (Wildman–Crippen MR) is 61.8 cm³/mol. The highest BCUT2D eigenvalue weighted by atomic mass is 79.9. The normalized spacial score (nSPS) is 9.67. The van der Waals surface area contributed by atoms with Crippen LogP contribution >= 0.6 is 28.3 Å². The lowest BCUT2D eigenvalue weighted by Gasteiger charge is -1.85. The zero-order valence-electron chi connectivity index (χ0n) is 7.76. The predicted octanol–water partition coefficient (Wildman–Crippen LogP) is 2.99. The van der Waals surface area contributed by atoms with Gasteiger partial charge >= 0.3 is 5.97 Å². The third kappa shape index (κ3) is 2.45. The zero-order chi connectivity index (χ0) is 10.1. The minimum Gasteiger partial charge on any atom is -0.478 e. The van der Waals surface area contributed by atoms with Crippen LogP contribution in [0.4, 0.5) is 0 Å². The molecule has 4 nitrogen and oxygen atoms in total. The Morgan fingerprint density at radius 3 is 2.80 bits per heavy atom. The number of aromatic carboxylic acids is 1. The van der Waals surface area contributed by atoms with Crippen LogP contribution in [0.25, 0.3) is 11.5 Å². The highest BCUT2D eigenvalue weighted by Crippen LogP contribution is 2.23. The monoisotopic (exact) mass is 289 g/mol. The van der Waals surface area contributed by atoms with Crippen molar-refractivity contribution in [2.75, 3.05) is 0 Å². The Hall–Kier alpha value is -1.14. The van der Waals surface area contributed by atoms with Crippen LogP contribution in [0.5, 0.6) is 0 Å². The summed E-state index contributed by atoms with van der Waals surface area (Å²) in [5, 5.41) is 11.4. The molecule has 0 bridgehead atoms. The van der Waals surface area contributed by atoms with E-state index in [2.05, 4.69) is 4.98 Å². The van der Waals surface area contributed by atoms with Gasteiger partial charge in [-0.3, -0.25) is 0 Å². The van der Waals surface area contributed by atoms with Crippen LogP contribution in [0.15, 0.2) is 22.1 Å². The minimum absolute atomic E-state index is 0. The summed E-state index contributed by atoms with van der Waals surface area (Å²) in [5.41, 5.74) is 0.825. The Bertz CT molecular complexity index is 477. The number of rotatable bonds is 2. The number of aryl methyl sites for hydroxylation is 1. The maximum Gasteiger partial charge on any atom is 0.338 e. The first-order valence-electron chi connectivity index (χ1n) is 3.91. The zero-order valence-corrected chi connectivity index (χ0v) is 10.3. The van der Waals surface area contributed by atoms with Crippen LogP contribution in [-0.4, -0.2) is 16.1 Å². The quantitative estimate of drug-likeness (QED) is 0.923. The Morgan fingerprint density at radius 2 is 2.33 bits per heavy atom. The van der Waals surface area contributed by atoms with E-state index in [0.717, 1.165) is 5.01 Å². The van der Waals surface area contributed by atoms with E-state index in [4.69, 9.17) is 9.52 Å². The molecule has 0 aliphatic heterocycles. The lowest BCUT2D eigenvalue weighted by molar-refractivity contribution is 0.0696. The average molecular weight is 290 g/mol. The van der Waals surface area contributed by atoms with E-state index in [1.54, 1.807) is 0 Å². The van der Waals surface area contributed by atoms with Crippen LogP contribution in [0, 0.1) is 6.92 Å². The smallest absolute Gasteiger partial charge is 0.338 e. The van der Waals surface area contributed by atoms with Crippen LogP contribution in [0.2, 0.25) is 0 Å². The molecule has 0 amide bonds. The second-order valence-electron chi connectivity index (χ2n) is 2.76. The van der Waals surface area contributed by atoms with Crippen molar-refractivity contribution < 1.29 is 14.3 Å². The van der Waals surface area contributed by atoms with E-state index >= 15 is 0 Å². The summed E-state index contributed by atoms with van der Waals surface area (Å²) in [7, 11) is 0. The Kier molecular flexibility index (Phi) is 3.65. The SMILES string of the molecule is Br.Cc1nc(-c2cc(C(=O)O)co2)cs1. The van der Waals surface area contributed by atoms with Gasteiger partial charge < -0.3 is 9.52 Å². The molecule has 6 heteroatoms. The maximum atomic E-state index is 10.6. The first kappa shape index (κ1) is 11.9. The molecule has 0 aliphatic rings. The van der Waals surface area contributed by atoms with E-state index < -0.39 is 5.97 Å². The molecular formula is C9H8BrNO3S. The van der Waals surface area contributed by atoms with E-state index in [0.29, 0.717) is 11.5 Å². The number of halogens is 1. The van der Waals surface area contributed by atoms with Gasteiger partial charge in [-0.2, -0.15) is 0 Å². The van der Waals surface area contributed by atoms with E-state index in [1.807, 2.05) is 12.3 Å². The fourth-order valence-corrected chi connectivity index (χ4v) is 1.66. The molecule has 0 unspecified atom stereocenters. The van der Waals surface area contributed by atoms with Crippen LogP contribution in [0.3, 0.4) is 0 Å². The third-order valence-electron chi connectivity index (χ3n) is 1.72. The molecule has 0 aromatic carbocycles. The number of carbonyl (C=O) groups is 1. The molecule has 1 N–H and O–H groups in total. The van der Waals surface area contributed by atoms with E-state index in [9.17, 15) is 4.79 Å². The molecule has 0 atom stereocenters. The molecule has 2 rings (SSSR count). The number of hydrogen-bond acceptors (Lipinski definition) is 4. The van der Waals surface area contributed by atoms with Crippen molar-refractivity contribution in [2.45, 2.75) is 6.92 Å². The molecule has 0 radical (unpaired) electrons. The number of nitrogens with zero attached hydrogens (tertiary/aromatic N) is 1. The summed E-state index contributed by atoms with van der Waals surface area (Å²) in [4.78, 5) is 14.8. The van der Waals surface area contributed by atoms with Crippen molar-refractivity contribution in [1.82, 2.24) is 4.98 Å². The lowest BCUT2D eigenvalue weighted by Crippen LogP contribution is -1.91. The van der Waals surface area contributed by atoms with Gasteiger partial charge in [0.2, 0.25) is 0 Å². The molecule has 0 saturated carbocycles. The van der Waals surface area contributed by atoms with Gasteiger partial charge in [-0.25, -0.2) is 9.78 Å². The van der Waals surface area contributed by atoms with Crippen LogP contribution in [-0.2, 0) is 0 Å². The second kappa shape index (κ2) is 4.59. The molecular weight excluding hydrogens is 282 g/mol. The van der Waals surface area contributed by atoms with Crippen LogP contribution < -0.4 is 0 Å². The number of thiazole rings is 1. The first-order chi connectivity index (χ1) is 6.66. The van der Waals surface area contributed by atoms with Gasteiger partial charge in [0, 0.05) is 11.4 Å². The van der Waals surface area contributed by atoms with Crippen molar-refractivity contribution in [3.63, 3.8) is 0 Å². The van der Waals surface area contributed by atoms with Crippen molar-refractivity contribution in [3.8, 4) is 11.5 Å². The number of carboxylic acid groups (broad SMARTS) is 1. The van der Waals surface area contributed by atoms with Gasteiger partial charge in [-0.1, -0.05) is 0 Å². The molecule has 15 heavy (non-hydrogen) atoms. The fourth-order valence-electron chi connectivity index (χ4n) is 1.06. The topological polar surface area (TPSA) is 63.3 Å². The minimum atomic E-state index is -0.994. The molecule has 80 valence electrons. The Labute approximate surface area is 100 Å². The van der Waals surface area contributed by atoms with Crippen molar-refractivity contribution in [3.05, 3.63) is 28.3 Å².